The summed E-state index contributed by atoms with van der Waals surface area (Å²) >= 11 is 6.09. The van der Waals surface area contributed by atoms with E-state index in [9.17, 15) is 4.79 Å². The Hall–Kier alpha value is -1.63. The summed E-state index contributed by atoms with van der Waals surface area (Å²) in [6, 6.07) is 17.4. The molecule has 8 heteroatoms. The molecule has 1 atom stereocenters. The van der Waals surface area contributed by atoms with Crippen molar-refractivity contribution in [3.8, 4) is 0 Å². The number of anilines is 1. The molecular weight excluding hydrogens is 443 g/mol. The highest BCUT2D eigenvalue weighted by Crippen LogP contribution is 2.27. The molecule has 0 aromatic heterocycles. The molecule has 2 aromatic carbocycles. The monoisotopic (exact) mass is 468 g/mol. The number of amides is 1. The van der Waals surface area contributed by atoms with E-state index in [1.54, 1.807) is 5.01 Å². The number of nitrogens with zero attached hydrogens (tertiary/aromatic N) is 4. The van der Waals surface area contributed by atoms with Gasteiger partial charge in [-0.15, -0.1) is 24.8 Å². The van der Waals surface area contributed by atoms with Gasteiger partial charge in [-0.1, -0.05) is 41.9 Å². The first-order valence-corrected chi connectivity index (χ1v) is 10.1. The van der Waals surface area contributed by atoms with Crippen LogP contribution in [-0.2, 0) is 4.79 Å². The van der Waals surface area contributed by atoms with Gasteiger partial charge in [0.1, 0.15) is 0 Å². The van der Waals surface area contributed by atoms with Gasteiger partial charge in [0.2, 0.25) is 5.91 Å². The number of hydrogen-bond donors (Lipinski definition) is 0. The average Bonchev–Trinajstić information content (AvgIpc) is 2.71. The molecule has 0 bridgehead atoms. The normalized spacial score (nSPS) is 20.2. The molecule has 0 saturated carbocycles. The van der Waals surface area contributed by atoms with Crippen molar-refractivity contribution in [2.45, 2.75) is 6.42 Å². The smallest absolute Gasteiger partial charge is 0.248 e. The van der Waals surface area contributed by atoms with Crippen LogP contribution in [0, 0.1) is 5.92 Å². The highest BCUT2D eigenvalue weighted by Gasteiger charge is 2.32. The number of halogens is 3. The Labute approximate surface area is 195 Å². The number of rotatable bonds is 4. The van der Waals surface area contributed by atoms with Crippen LogP contribution >= 0.6 is 36.4 Å². The van der Waals surface area contributed by atoms with Crippen molar-refractivity contribution in [2.75, 3.05) is 44.8 Å². The number of carbonyl (C=O) groups excluding carboxylic acids is 1. The molecule has 5 nitrogen and oxygen atoms in total. The van der Waals surface area contributed by atoms with Gasteiger partial charge in [0, 0.05) is 50.1 Å². The molecule has 1 amide bonds. The molecule has 1 unspecified atom stereocenters. The maximum Gasteiger partial charge on any atom is 0.248 e. The van der Waals surface area contributed by atoms with Crippen LogP contribution in [0.2, 0.25) is 5.02 Å². The molecule has 2 aliphatic heterocycles. The van der Waals surface area contributed by atoms with Crippen LogP contribution in [0.25, 0.3) is 0 Å². The van der Waals surface area contributed by atoms with E-state index < -0.39 is 0 Å². The minimum Gasteiger partial charge on any atom is -0.304 e. The molecule has 1 saturated heterocycles. The Morgan fingerprint density at radius 1 is 0.967 bits per heavy atom. The number of benzene rings is 2. The second-order valence-corrected chi connectivity index (χ2v) is 7.97. The third-order valence-electron chi connectivity index (χ3n) is 5.47. The van der Waals surface area contributed by atoms with Crippen LogP contribution in [0.1, 0.15) is 12.0 Å². The lowest BCUT2D eigenvalue weighted by Crippen LogP contribution is -2.49. The Balaban J connectivity index is 0.00000160. The SMILES string of the molecule is CN1CCN(CC2CC(=O)N(c3ccccc3)N=C2c2ccc(Cl)cc2)CC1.Cl.Cl. The Kier molecular flexibility index (Phi) is 9.13. The maximum absolute atomic E-state index is 12.9. The van der Waals surface area contributed by atoms with Crippen molar-refractivity contribution >= 4 is 53.7 Å². The third kappa shape index (κ3) is 5.74. The van der Waals surface area contributed by atoms with Crippen LogP contribution in [0.15, 0.2) is 59.7 Å². The Bertz CT molecular complexity index is 852. The van der Waals surface area contributed by atoms with Gasteiger partial charge in [-0.2, -0.15) is 5.10 Å². The minimum atomic E-state index is 0. The molecular formula is C22H27Cl3N4O. The van der Waals surface area contributed by atoms with Crippen molar-refractivity contribution < 1.29 is 4.79 Å². The lowest BCUT2D eigenvalue weighted by molar-refractivity contribution is -0.119. The topological polar surface area (TPSA) is 39.1 Å². The molecule has 162 valence electrons. The van der Waals surface area contributed by atoms with Crippen LogP contribution < -0.4 is 5.01 Å². The fraction of sp³-hybridized carbons (Fsp3) is 0.364. The van der Waals surface area contributed by atoms with Crippen LogP contribution in [-0.4, -0.2) is 61.2 Å². The highest BCUT2D eigenvalue weighted by atomic mass is 35.5. The predicted molar refractivity (Wildman–Crippen MR) is 128 cm³/mol. The summed E-state index contributed by atoms with van der Waals surface area (Å²) in [7, 11) is 2.15. The Morgan fingerprint density at radius 2 is 1.60 bits per heavy atom. The van der Waals surface area contributed by atoms with Crippen LogP contribution in [0.4, 0.5) is 5.69 Å². The van der Waals surface area contributed by atoms with E-state index >= 15 is 0 Å². The second-order valence-electron chi connectivity index (χ2n) is 7.54. The van der Waals surface area contributed by atoms with Gasteiger partial charge >= 0.3 is 0 Å². The first-order chi connectivity index (χ1) is 13.6. The molecule has 2 aromatic rings. The number of piperazine rings is 1. The van der Waals surface area contributed by atoms with Gasteiger partial charge in [-0.25, -0.2) is 5.01 Å². The number of para-hydroxylation sites is 1. The molecule has 0 aliphatic carbocycles. The zero-order chi connectivity index (χ0) is 19.5. The van der Waals surface area contributed by atoms with E-state index in [0.29, 0.717) is 11.4 Å². The highest BCUT2D eigenvalue weighted by molar-refractivity contribution is 6.30. The van der Waals surface area contributed by atoms with E-state index in [1.807, 2.05) is 54.6 Å². The summed E-state index contributed by atoms with van der Waals surface area (Å²) in [6.07, 6.45) is 0.461. The van der Waals surface area contributed by atoms with Crippen molar-refractivity contribution in [3.63, 3.8) is 0 Å². The zero-order valence-corrected chi connectivity index (χ0v) is 19.3. The van der Waals surface area contributed by atoms with E-state index in [-0.39, 0.29) is 36.6 Å². The molecule has 4 rings (SSSR count). The molecule has 0 radical (unpaired) electrons. The third-order valence-corrected chi connectivity index (χ3v) is 5.72. The minimum absolute atomic E-state index is 0. The number of carbonyl (C=O) groups is 1. The fourth-order valence-corrected chi connectivity index (χ4v) is 3.94. The molecule has 0 spiro atoms. The summed E-state index contributed by atoms with van der Waals surface area (Å²) < 4.78 is 0. The van der Waals surface area contributed by atoms with Gasteiger partial charge < -0.3 is 9.80 Å². The number of hydrogen-bond acceptors (Lipinski definition) is 4. The van der Waals surface area contributed by atoms with E-state index in [2.05, 4.69) is 16.8 Å². The summed E-state index contributed by atoms with van der Waals surface area (Å²) in [5, 5.41) is 7.06. The maximum atomic E-state index is 12.9. The van der Waals surface area contributed by atoms with Crippen molar-refractivity contribution in [1.29, 1.82) is 0 Å². The van der Waals surface area contributed by atoms with Crippen molar-refractivity contribution in [2.24, 2.45) is 11.0 Å². The zero-order valence-electron chi connectivity index (χ0n) is 16.9. The summed E-state index contributed by atoms with van der Waals surface area (Å²) in [6.45, 7) is 5.02. The summed E-state index contributed by atoms with van der Waals surface area (Å²) in [5.41, 5.74) is 2.79. The van der Waals surface area contributed by atoms with E-state index in [4.69, 9.17) is 16.7 Å². The predicted octanol–water partition coefficient (Wildman–Crippen LogP) is 4.19. The van der Waals surface area contributed by atoms with Gasteiger partial charge in [-0.3, -0.25) is 4.79 Å². The lowest BCUT2D eigenvalue weighted by atomic mass is 9.91. The standard InChI is InChI=1S/C22H25ClN4O.2ClH/c1-25-11-13-26(14-12-25)16-18-15-21(28)27(20-5-3-2-4-6-20)24-22(18)17-7-9-19(23)10-8-17;;/h2-10,18H,11-16H2,1H3;2*1H. The molecule has 2 heterocycles. The largest absolute Gasteiger partial charge is 0.304 e. The fourth-order valence-electron chi connectivity index (χ4n) is 3.82. The Morgan fingerprint density at radius 3 is 2.23 bits per heavy atom. The van der Waals surface area contributed by atoms with Crippen LogP contribution in [0.3, 0.4) is 0 Å². The first kappa shape index (κ1) is 24.6. The van der Waals surface area contributed by atoms with Gasteiger partial charge in [0.25, 0.3) is 0 Å². The average molecular weight is 470 g/mol. The number of likely N-dealkylation sites (N-methyl/N-ethyl adjacent to an activating group) is 1. The van der Waals surface area contributed by atoms with E-state index in [1.165, 1.54) is 0 Å². The lowest BCUT2D eigenvalue weighted by Gasteiger charge is -2.37. The summed E-state index contributed by atoms with van der Waals surface area (Å²) in [5.74, 6) is 0.125. The second kappa shape index (κ2) is 11.1. The van der Waals surface area contributed by atoms with E-state index in [0.717, 1.165) is 49.7 Å². The molecule has 2 aliphatic rings. The summed E-state index contributed by atoms with van der Waals surface area (Å²) in [4.78, 5) is 17.7. The molecule has 1 fully saturated rings. The molecule has 0 N–H and O–H groups in total. The number of hydrazone groups is 1. The van der Waals surface area contributed by atoms with Gasteiger partial charge in [0.05, 0.1) is 11.4 Å². The van der Waals surface area contributed by atoms with Gasteiger partial charge in [-0.05, 0) is 36.9 Å². The quantitative estimate of drug-likeness (QED) is 0.674. The van der Waals surface area contributed by atoms with Crippen LogP contribution in [0.5, 0.6) is 0 Å². The van der Waals surface area contributed by atoms with Crippen molar-refractivity contribution in [3.05, 3.63) is 65.2 Å². The van der Waals surface area contributed by atoms with Gasteiger partial charge in [0.15, 0.2) is 0 Å². The van der Waals surface area contributed by atoms with Crippen molar-refractivity contribution in [1.82, 2.24) is 9.80 Å². The molecule has 30 heavy (non-hydrogen) atoms. The first-order valence-electron chi connectivity index (χ1n) is 9.73.